The third-order valence-electron chi connectivity index (χ3n) is 2.08. The first-order valence-corrected chi connectivity index (χ1v) is 6.10. The highest BCUT2D eigenvalue weighted by Gasteiger charge is 2.07. The molecule has 0 aliphatic rings. The maximum absolute atomic E-state index is 4.30. The van der Waals surface area contributed by atoms with Crippen molar-refractivity contribution in [3.8, 4) is 0 Å². The second kappa shape index (κ2) is 4.20. The normalized spacial score (nSPS) is 11.0. The van der Waals surface area contributed by atoms with E-state index < -0.39 is 0 Å². The van der Waals surface area contributed by atoms with Crippen LogP contribution in [0.5, 0.6) is 0 Å². The van der Waals surface area contributed by atoms with Gasteiger partial charge in [0.25, 0.3) is 0 Å². The zero-order valence-electron chi connectivity index (χ0n) is 7.94. The van der Waals surface area contributed by atoms with Crippen LogP contribution in [0.3, 0.4) is 0 Å². The van der Waals surface area contributed by atoms with Gasteiger partial charge in [-0.05, 0) is 6.42 Å². The molecule has 0 aliphatic heterocycles. The minimum Gasteiger partial charge on any atom is -0.247 e. The van der Waals surface area contributed by atoms with E-state index in [0.717, 1.165) is 34.1 Å². The van der Waals surface area contributed by atoms with Gasteiger partial charge in [0.05, 0.1) is 17.3 Å². The number of halogens is 1. The summed E-state index contributed by atoms with van der Waals surface area (Å²) in [5.74, 6) is 0. The molecule has 0 bridgehead atoms. The SMILES string of the molecule is CCCn1ncc2c(CI)ncnc21. The van der Waals surface area contributed by atoms with E-state index in [1.807, 2.05) is 10.9 Å². The van der Waals surface area contributed by atoms with Gasteiger partial charge in [-0.25, -0.2) is 14.6 Å². The van der Waals surface area contributed by atoms with Crippen molar-refractivity contribution in [2.75, 3.05) is 0 Å². The van der Waals surface area contributed by atoms with Crippen LogP contribution < -0.4 is 0 Å². The van der Waals surface area contributed by atoms with Crippen LogP contribution in [0.15, 0.2) is 12.5 Å². The predicted molar refractivity (Wildman–Crippen MR) is 63.3 cm³/mol. The Morgan fingerprint density at radius 1 is 1.43 bits per heavy atom. The first-order chi connectivity index (χ1) is 6.86. The molecule has 0 N–H and O–H groups in total. The summed E-state index contributed by atoms with van der Waals surface area (Å²) in [6.07, 6.45) is 4.55. The Kier molecular flexibility index (Phi) is 2.95. The van der Waals surface area contributed by atoms with Gasteiger partial charge in [0.2, 0.25) is 0 Å². The molecule has 0 saturated carbocycles. The van der Waals surface area contributed by atoms with Gasteiger partial charge in [0.1, 0.15) is 6.33 Å². The van der Waals surface area contributed by atoms with Gasteiger partial charge >= 0.3 is 0 Å². The fraction of sp³-hybridized carbons (Fsp3) is 0.444. The van der Waals surface area contributed by atoms with E-state index in [9.17, 15) is 0 Å². The molecule has 2 rings (SSSR count). The third-order valence-corrected chi connectivity index (χ3v) is 2.80. The molecule has 0 fully saturated rings. The van der Waals surface area contributed by atoms with Crippen LogP contribution in [0.4, 0.5) is 0 Å². The summed E-state index contributed by atoms with van der Waals surface area (Å²) in [7, 11) is 0. The minimum absolute atomic E-state index is 0.897. The summed E-state index contributed by atoms with van der Waals surface area (Å²) >= 11 is 2.30. The van der Waals surface area contributed by atoms with E-state index in [-0.39, 0.29) is 0 Å². The standard InChI is InChI=1S/C9H11IN4/c1-2-3-14-9-7(5-13-14)8(4-10)11-6-12-9/h5-6H,2-4H2,1H3. The summed E-state index contributed by atoms with van der Waals surface area (Å²) in [5, 5.41) is 5.38. The Bertz CT molecular complexity index is 437. The minimum atomic E-state index is 0.897. The van der Waals surface area contributed by atoms with Gasteiger partial charge < -0.3 is 0 Å². The Hall–Kier alpha value is -0.720. The zero-order valence-corrected chi connectivity index (χ0v) is 10.1. The molecule has 0 amide bonds. The maximum Gasteiger partial charge on any atom is 0.161 e. The van der Waals surface area contributed by atoms with Gasteiger partial charge in [-0.3, -0.25) is 0 Å². The summed E-state index contributed by atoms with van der Waals surface area (Å²) < 4.78 is 2.83. The molecule has 0 atom stereocenters. The molecule has 2 heterocycles. The van der Waals surface area contributed by atoms with Crippen molar-refractivity contribution in [2.24, 2.45) is 0 Å². The van der Waals surface area contributed by atoms with Crippen molar-refractivity contribution in [2.45, 2.75) is 24.3 Å². The van der Waals surface area contributed by atoms with Gasteiger partial charge in [0, 0.05) is 11.0 Å². The summed E-state index contributed by atoms with van der Waals surface area (Å²) in [6, 6.07) is 0. The third kappa shape index (κ3) is 1.60. The van der Waals surface area contributed by atoms with Crippen LogP contribution in [0, 0.1) is 0 Å². The summed E-state index contributed by atoms with van der Waals surface area (Å²) in [4.78, 5) is 8.48. The largest absolute Gasteiger partial charge is 0.247 e. The van der Waals surface area contributed by atoms with Gasteiger partial charge in [-0.1, -0.05) is 29.5 Å². The molecule has 0 aliphatic carbocycles. The molecule has 5 heteroatoms. The average Bonchev–Trinajstić information content (AvgIpc) is 2.62. The first kappa shape index (κ1) is 9.82. The first-order valence-electron chi connectivity index (χ1n) is 4.58. The lowest BCUT2D eigenvalue weighted by Crippen LogP contribution is -2.00. The number of hydrogen-bond acceptors (Lipinski definition) is 3. The molecule has 74 valence electrons. The van der Waals surface area contributed by atoms with Crippen molar-refractivity contribution in [3.05, 3.63) is 18.2 Å². The van der Waals surface area contributed by atoms with E-state index in [1.165, 1.54) is 0 Å². The van der Waals surface area contributed by atoms with Crippen molar-refractivity contribution in [1.82, 2.24) is 19.7 Å². The van der Waals surface area contributed by atoms with Crippen LogP contribution in [-0.2, 0) is 11.0 Å². The second-order valence-corrected chi connectivity index (χ2v) is 3.82. The number of aromatic nitrogens is 4. The highest BCUT2D eigenvalue weighted by molar-refractivity contribution is 14.1. The zero-order chi connectivity index (χ0) is 9.97. The fourth-order valence-corrected chi connectivity index (χ4v) is 2.03. The number of aryl methyl sites for hydroxylation is 1. The quantitative estimate of drug-likeness (QED) is 0.645. The van der Waals surface area contributed by atoms with E-state index in [2.05, 4.69) is 44.6 Å². The van der Waals surface area contributed by atoms with E-state index in [4.69, 9.17) is 0 Å². The lowest BCUT2D eigenvalue weighted by Gasteiger charge is -2.00. The molecule has 0 aromatic carbocycles. The van der Waals surface area contributed by atoms with E-state index in [1.54, 1.807) is 6.33 Å². The van der Waals surface area contributed by atoms with Crippen molar-refractivity contribution in [3.63, 3.8) is 0 Å². The van der Waals surface area contributed by atoms with E-state index in [0.29, 0.717) is 0 Å². The van der Waals surface area contributed by atoms with Crippen molar-refractivity contribution >= 4 is 33.6 Å². The molecular weight excluding hydrogens is 291 g/mol. The molecule has 2 aromatic rings. The number of alkyl halides is 1. The van der Waals surface area contributed by atoms with Crippen molar-refractivity contribution in [1.29, 1.82) is 0 Å². The molecule has 0 spiro atoms. The second-order valence-electron chi connectivity index (χ2n) is 3.06. The topological polar surface area (TPSA) is 43.6 Å². The molecular formula is C9H11IN4. The molecule has 0 saturated heterocycles. The van der Waals surface area contributed by atoms with Crippen LogP contribution in [0.25, 0.3) is 11.0 Å². The molecule has 0 radical (unpaired) electrons. The number of rotatable bonds is 3. The van der Waals surface area contributed by atoms with Gasteiger partial charge in [0.15, 0.2) is 5.65 Å². The average molecular weight is 302 g/mol. The van der Waals surface area contributed by atoms with Crippen molar-refractivity contribution < 1.29 is 0 Å². The highest BCUT2D eigenvalue weighted by Crippen LogP contribution is 2.16. The Balaban J connectivity index is 2.57. The summed E-state index contributed by atoms with van der Waals surface area (Å²) in [6.45, 7) is 3.05. The molecule has 14 heavy (non-hydrogen) atoms. The highest BCUT2D eigenvalue weighted by atomic mass is 127. The lowest BCUT2D eigenvalue weighted by atomic mass is 10.3. The van der Waals surface area contributed by atoms with Crippen LogP contribution >= 0.6 is 22.6 Å². The summed E-state index contributed by atoms with van der Waals surface area (Å²) in [5.41, 5.74) is 2.02. The molecule has 4 nitrogen and oxygen atoms in total. The smallest absolute Gasteiger partial charge is 0.161 e. The van der Waals surface area contributed by atoms with E-state index >= 15 is 0 Å². The van der Waals surface area contributed by atoms with Crippen LogP contribution in [0.1, 0.15) is 19.0 Å². The number of hydrogen-bond donors (Lipinski definition) is 0. The Morgan fingerprint density at radius 3 is 3.00 bits per heavy atom. The van der Waals surface area contributed by atoms with Crippen LogP contribution in [0.2, 0.25) is 0 Å². The Labute approximate surface area is 95.9 Å². The van der Waals surface area contributed by atoms with Gasteiger partial charge in [-0.2, -0.15) is 5.10 Å². The number of fused-ring (bicyclic) bond motifs is 1. The molecule has 0 unspecified atom stereocenters. The van der Waals surface area contributed by atoms with Crippen LogP contribution in [-0.4, -0.2) is 19.7 Å². The van der Waals surface area contributed by atoms with Gasteiger partial charge in [-0.15, -0.1) is 0 Å². The molecule has 2 aromatic heterocycles. The maximum atomic E-state index is 4.30. The number of nitrogens with zero attached hydrogens (tertiary/aromatic N) is 4. The predicted octanol–water partition coefficient (Wildman–Crippen LogP) is 2.17. The fourth-order valence-electron chi connectivity index (χ4n) is 1.42. The lowest BCUT2D eigenvalue weighted by molar-refractivity contribution is 0.617. The monoisotopic (exact) mass is 302 g/mol. The Morgan fingerprint density at radius 2 is 2.29 bits per heavy atom.